The number of hydrogen-bond donors (Lipinski definition) is 3. The molecule has 2 saturated heterocycles. The minimum absolute atomic E-state index is 0.0566. The van der Waals surface area contributed by atoms with Crippen LogP contribution in [0.5, 0.6) is 0 Å². The van der Waals surface area contributed by atoms with Crippen LogP contribution in [0.25, 0.3) is 0 Å². The number of rotatable bonds is 6. The normalized spacial score (nSPS) is 22.6. The van der Waals surface area contributed by atoms with Crippen LogP contribution >= 0.6 is 7.82 Å². The summed E-state index contributed by atoms with van der Waals surface area (Å²) in [4.78, 5) is 4.90. The van der Waals surface area contributed by atoms with Gasteiger partial charge in [0.1, 0.15) is 0 Å². The second-order valence-corrected chi connectivity index (χ2v) is 12.4. The van der Waals surface area contributed by atoms with Gasteiger partial charge in [-0.05, 0) is 69.5 Å². The molecule has 220 valence electrons. The zero-order chi connectivity index (χ0) is 28.8. The highest BCUT2D eigenvalue weighted by Gasteiger charge is 2.45. The van der Waals surface area contributed by atoms with Gasteiger partial charge in [-0.2, -0.15) is 0 Å². The van der Waals surface area contributed by atoms with Crippen LogP contribution in [-0.2, 0) is 27.6 Å². The lowest BCUT2D eigenvalue weighted by molar-refractivity contribution is -0.230. The van der Waals surface area contributed by atoms with Crippen molar-refractivity contribution in [1.82, 2.24) is 9.80 Å². The smallest absolute Gasteiger partial charge is 0.394 e. The SMILES string of the molecule is CC1(C)OCCOC1(C)C.CN1CCN(C)C(C)(C)C1(C)C.COP(=O)(OC)OCCO.OCCO. The summed E-state index contributed by atoms with van der Waals surface area (Å²) in [6.45, 7) is 20.8. The van der Waals surface area contributed by atoms with E-state index >= 15 is 0 Å². The average molecular weight is 547 g/mol. The van der Waals surface area contributed by atoms with E-state index in [9.17, 15) is 4.57 Å². The molecule has 11 nitrogen and oxygen atoms in total. The molecule has 12 heteroatoms. The third-order valence-corrected chi connectivity index (χ3v) is 8.92. The monoisotopic (exact) mass is 546 g/mol. The fourth-order valence-electron chi connectivity index (χ4n) is 3.07. The largest absolute Gasteiger partial charge is 0.474 e. The number of phosphoric acid groups is 1. The first-order valence-corrected chi connectivity index (χ1v) is 13.7. The lowest BCUT2D eigenvalue weighted by Crippen LogP contribution is -2.68. The molecule has 2 fully saturated rings. The van der Waals surface area contributed by atoms with Crippen molar-refractivity contribution in [3.8, 4) is 0 Å². The van der Waals surface area contributed by atoms with Crippen molar-refractivity contribution >= 4 is 7.82 Å². The molecule has 3 N–H and O–H groups in total. The molecule has 0 saturated carbocycles. The number of aliphatic hydroxyl groups is 3. The van der Waals surface area contributed by atoms with Gasteiger partial charge in [0.05, 0.1) is 50.8 Å². The van der Waals surface area contributed by atoms with E-state index in [4.69, 9.17) is 24.8 Å². The molecule has 2 aliphatic heterocycles. The van der Waals surface area contributed by atoms with Crippen molar-refractivity contribution < 1.29 is 42.9 Å². The number of likely N-dealkylation sites (N-methyl/N-ethyl adjacent to an activating group) is 2. The highest BCUT2D eigenvalue weighted by atomic mass is 31.2. The number of piperazine rings is 1. The van der Waals surface area contributed by atoms with Crippen LogP contribution in [-0.4, -0.2) is 128 Å². The van der Waals surface area contributed by atoms with Gasteiger partial charge < -0.3 is 24.8 Å². The highest BCUT2D eigenvalue weighted by molar-refractivity contribution is 7.48. The highest BCUT2D eigenvalue weighted by Crippen LogP contribution is 2.47. The average Bonchev–Trinajstić information content (AvgIpc) is 2.82. The number of aliphatic hydroxyl groups excluding tert-OH is 3. The van der Waals surface area contributed by atoms with Crippen LogP contribution < -0.4 is 0 Å². The molecule has 2 rings (SSSR count). The van der Waals surface area contributed by atoms with E-state index in [2.05, 4.69) is 92.9 Å². The molecule has 0 bridgehead atoms. The molecule has 0 unspecified atom stereocenters. The molecule has 2 aliphatic rings. The van der Waals surface area contributed by atoms with Gasteiger partial charge in [0.25, 0.3) is 0 Å². The minimum atomic E-state index is -3.36. The van der Waals surface area contributed by atoms with Gasteiger partial charge in [0, 0.05) is 38.4 Å². The third kappa shape index (κ3) is 11.7. The molecular weight excluding hydrogens is 491 g/mol. The molecule has 0 amide bonds. The van der Waals surface area contributed by atoms with Gasteiger partial charge in [-0.25, -0.2) is 4.57 Å². The predicted molar refractivity (Wildman–Crippen MR) is 142 cm³/mol. The first-order chi connectivity index (χ1) is 16.4. The van der Waals surface area contributed by atoms with Crippen molar-refractivity contribution in [3.05, 3.63) is 0 Å². The summed E-state index contributed by atoms with van der Waals surface area (Å²) in [5.41, 5.74) is 0.233. The lowest BCUT2D eigenvalue weighted by atomic mass is 9.78. The van der Waals surface area contributed by atoms with Gasteiger partial charge in [0.15, 0.2) is 0 Å². The zero-order valence-electron chi connectivity index (χ0n) is 24.8. The predicted octanol–water partition coefficient (Wildman–Crippen LogP) is 2.38. The molecule has 0 aromatic carbocycles. The van der Waals surface area contributed by atoms with E-state index < -0.39 is 7.82 Å². The maximum absolute atomic E-state index is 10.9. The summed E-state index contributed by atoms with van der Waals surface area (Å²) in [6.07, 6.45) is 0. The van der Waals surface area contributed by atoms with Crippen molar-refractivity contribution in [2.45, 2.75) is 77.7 Å². The van der Waals surface area contributed by atoms with Gasteiger partial charge in [0.2, 0.25) is 0 Å². The summed E-state index contributed by atoms with van der Waals surface area (Å²) in [5, 5.41) is 23.5. The Balaban J connectivity index is 0. The van der Waals surface area contributed by atoms with Gasteiger partial charge in [-0.3, -0.25) is 23.4 Å². The van der Waals surface area contributed by atoms with Crippen molar-refractivity contribution in [2.75, 3.05) is 81.0 Å². The molecule has 0 aromatic heterocycles. The van der Waals surface area contributed by atoms with E-state index in [0.29, 0.717) is 0 Å². The molecule has 0 atom stereocenters. The fraction of sp³-hybridized carbons (Fsp3) is 1.00. The zero-order valence-corrected chi connectivity index (χ0v) is 25.7. The minimum Gasteiger partial charge on any atom is -0.394 e. The fourth-order valence-corrected chi connectivity index (χ4v) is 3.73. The topological polar surface area (TPSA) is 130 Å². The van der Waals surface area contributed by atoms with Crippen LogP contribution in [0.1, 0.15) is 55.4 Å². The van der Waals surface area contributed by atoms with Crippen LogP contribution in [0.2, 0.25) is 0 Å². The van der Waals surface area contributed by atoms with Crippen molar-refractivity contribution in [3.63, 3.8) is 0 Å². The quantitative estimate of drug-likeness (QED) is 0.425. The van der Waals surface area contributed by atoms with Crippen LogP contribution in [0, 0.1) is 0 Å². The van der Waals surface area contributed by atoms with E-state index in [1.54, 1.807) is 0 Å². The van der Waals surface area contributed by atoms with Crippen LogP contribution in [0.4, 0.5) is 0 Å². The summed E-state index contributed by atoms with van der Waals surface area (Å²) in [5.74, 6) is 0. The first kappa shape index (κ1) is 38.0. The Morgan fingerprint density at radius 3 is 1.28 bits per heavy atom. The van der Waals surface area contributed by atoms with E-state index in [0.717, 1.165) is 13.2 Å². The Hall–Kier alpha value is -0.170. The standard InChI is InChI=1S/C10H22N2.C8H16O2.C4H11O5P.C2H6O2/c1-9(2)10(3,4)12(6)8-7-11(9)5;1-7(2)8(3,4)10-6-5-9-7;1-7-10(6,8-2)9-4-3-5;3-1-2-4/h7-8H2,1-6H3;5-6H2,1-4H3;5H,3-4H2,1-2H3;3-4H,1-2H2. The van der Waals surface area contributed by atoms with Crippen molar-refractivity contribution in [1.29, 1.82) is 0 Å². The van der Waals surface area contributed by atoms with Gasteiger partial charge in [-0.1, -0.05) is 0 Å². The Bertz CT molecular complexity index is 585. The molecule has 0 spiro atoms. The summed E-state index contributed by atoms with van der Waals surface area (Å²) >= 11 is 0. The number of hydrogen-bond acceptors (Lipinski definition) is 11. The summed E-state index contributed by atoms with van der Waals surface area (Å²) < 4.78 is 35.4. The maximum atomic E-state index is 10.9. The lowest BCUT2D eigenvalue weighted by Gasteiger charge is -2.56. The van der Waals surface area contributed by atoms with E-state index in [1.807, 2.05) is 0 Å². The number of ether oxygens (including phenoxy) is 2. The van der Waals surface area contributed by atoms with Gasteiger partial charge in [-0.15, -0.1) is 0 Å². The maximum Gasteiger partial charge on any atom is 0.474 e. The van der Waals surface area contributed by atoms with Gasteiger partial charge >= 0.3 is 7.82 Å². The first-order valence-electron chi connectivity index (χ1n) is 12.2. The number of phosphoric ester groups is 1. The Morgan fingerprint density at radius 2 is 1.06 bits per heavy atom. The second kappa shape index (κ2) is 16.7. The van der Waals surface area contributed by atoms with E-state index in [-0.39, 0.29) is 48.7 Å². The third-order valence-electron chi connectivity index (χ3n) is 7.52. The Kier molecular flexibility index (Phi) is 17.6. The summed E-state index contributed by atoms with van der Waals surface area (Å²) in [6, 6.07) is 0. The molecule has 0 aliphatic carbocycles. The second-order valence-electron chi connectivity index (χ2n) is 10.5. The van der Waals surface area contributed by atoms with Crippen LogP contribution in [0.3, 0.4) is 0 Å². The van der Waals surface area contributed by atoms with E-state index in [1.165, 1.54) is 27.3 Å². The Morgan fingerprint density at radius 1 is 0.722 bits per heavy atom. The molecule has 0 aromatic rings. The summed E-state index contributed by atoms with van der Waals surface area (Å²) in [7, 11) is 3.50. The number of nitrogens with zero attached hydrogens (tertiary/aromatic N) is 2. The molecule has 2 heterocycles. The molecule has 36 heavy (non-hydrogen) atoms. The Labute approximate surface area is 219 Å². The van der Waals surface area contributed by atoms with Crippen molar-refractivity contribution in [2.24, 2.45) is 0 Å². The van der Waals surface area contributed by atoms with Crippen LogP contribution in [0.15, 0.2) is 0 Å². The molecular formula is C24H55N2O9P. The molecule has 0 radical (unpaired) electrons.